The highest BCUT2D eigenvalue weighted by Crippen LogP contribution is 1.69. The zero-order valence-electron chi connectivity index (χ0n) is 59.2. The maximum atomic E-state index is 4.95. The van der Waals surface area contributed by atoms with Crippen molar-refractivity contribution in [3.05, 3.63) is 0 Å². The molecule has 0 aromatic carbocycles. The van der Waals surface area contributed by atoms with Gasteiger partial charge in [0, 0.05) is 592 Å². The van der Waals surface area contributed by atoms with Crippen LogP contribution in [-0.4, -0.2) is 0 Å². The molecule has 0 saturated carbocycles. The zero-order chi connectivity index (χ0) is 84.0. The molecule has 0 aromatic heterocycles. The largest absolute Gasteiger partial charge is 0.106 e. The van der Waals surface area contributed by atoms with E-state index in [1.54, 1.807) is 0 Å². The molecule has 0 rings (SSSR count). The van der Waals surface area contributed by atoms with E-state index in [4.69, 9.17) is 12.8 Å². The molecule has 0 amide bonds. The third-order valence-corrected chi connectivity index (χ3v) is 7.21. The van der Waals surface area contributed by atoms with Crippen LogP contribution in [0.2, 0.25) is 0 Å². The fourth-order valence-corrected chi connectivity index (χ4v) is 3.57. The van der Waals surface area contributed by atoms with Gasteiger partial charge in [-0.1, -0.05) is 0 Å². The summed E-state index contributed by atoms with van der Waals surface area (Å²) in [5.41, 5.74) is 0. The number of hydrogen-bond donors (Lipinski definition) is 0. The van der Waals surface area contributed by atoms with Gasteiger partial charge in [0.2, 0.25) is 0 Å². The molecule has 0 radical (unpaired) electrons. The SMILES string of the molecule is C#CC#CC#CC#CC#CC#CC#CC#CC#CC#CC#CC#CC#CC#CC#CC#CC#CC#CC#CC#CC#CC#CC#CC#CC#CC#CC#CC#CC#CC#CC#CC#CC#CC#CC#CC#CC#CC#CC#CC#CC#CC#CC#CC#CC#CC#CC#CC#CC#CC#CC#CC#CC#CC#CC#CC#CC#CC#CC#C. The van der Waals surface area contributed by atoms with Crippen molar-refractivity contribution in [1.82, 2.24) is 0 Å². The van der Waals surface area contributed by atoms with Crippen LogP contribution in [0.5, 0.6) is 0 Å². The van der Waals surface area contributed by atoms with Gasteiger partial charge in [-0.25, -0.2) is 0 Å². The molecule has 0 saturated heterocycles. The zero-order valence-corrected chi connectivity index (χ0v) is 59.2. The fraction of sp³-hybridized carbons (Fsp3) is 0. The predicted octanol–water partition coefficient (Wildman–Crippen LogP) is 0.447. The van der Waals surface area contributed by atoms with Gasteiger partial charge in [-0.05, 0) is 94.7 Å². The maximum absolute atomic E-state index is 4.95. The van der Waals surface area contributed by atoms with E-state index in [1.807, 2.05) is 0 Å². The standard InChI is InChI=1S/C118H2/c1-3-5-7-9-11-13-15-17-19-21-23-25-27-29-31-33-35-37-39-41-43-45-47-49-51-53-55-57-59-61-63-65-67-69-71-73-75-77-79-81-83-85-87-89-91-93-95-97-99-101-103-105-107-109-111-113-115-117-118-116-114-112-110-108-106-104-102-100-98-96-94-92-90-88-86-84-82-80-78-76-74-72-70-68-66-64-62-60-58-56-54-52-50-48-46-44-42-40-38-36-34-32-30-28-26-24-22-20-18-16-14-12-10-8-6-4-2/h1-2H. The molecule has 0 bridgehead atoms. The van der Waals surface area contributed by atoms with E-state index in [0.717, 1.165) is 0 Å². The van der Waals surface area contributed by atoms with Crippen molar-refractivity contribution in [2.24, 2.45) is 0 Å². The number of hydrogen-bond acceptors (Lipinski definition) is 0. The second-order valence-electron chi connectivity index (χ2n) is 14.5. The Balaban J connectivity index is 4.65. The van der Waals surface area contributed by atoms with Crippen LogP contribution in [0.25, 0.3) is 0 Å². The van der Waals surface area contributed by atoms with Gasteiger partial charge < -0.3 is 0 Å². The van der Waals surface area contributed by atoms with Crippen LogP contribution in [0.15, 0.2) is 0 Å². The summed E-state index contributed by atoms with van der Waals surface area (Å²) >= 11 is 0. The Kier molecular flexibility index (Phi) is 71.0. The maximum Gasteiger partial charge on any atom is 0 e. The predicted molar refractivity (Wildman–Crippen MR) is 461 cm³/mol. The lowest BCUT2D eigenvalue weighted by molar-refractivity contribution is 2.31. The molecule has 0 aliphatic rings. The van der Waals surface area contributed by atoms with Crippen LogP contribution < -0.4 is 0 Å². The lowest BCUT2D eigenvalue weighted by atomic mass is 10.4. The van der Waals surface area contributed by atoms with Crippen LogP contribution in [0.1, 0.15) is 0 Å². The molecule has 0 fully saturated rings. The van der Waals surface area contributed by atoms with Crippen molar-refractivity contribution in [3.8, 4) is 700 Å². The molecule has 0 aliphatic heterocycles. The Morgan fingerprint density at radius 2 is 0.0678 bits per heavy atom. The van der Waals surface area contributed by atoms with Gasteiger partial charge in [0.15, 0.2) is 0 Å². The number of rotatable bonds is 0. The molecule has 0 N–H and O–H groups in total. The van der Waals surface area contributed by atoms with E-state index >= 15 is 0 Å². The lowest BCUT2D eigenvalue weighted by Gasteiger charge is -1.58. The van der Waals surface area contributed by atoms with Gasteiger partial charge in [0.05, 0.1) is 0 Å². The van der Waals surface area contributed by atoms with Crippen molar-refractivity contribution in [2.75, 3.05) is 0 Å². The average Bonchev–Trinajstić information content (AvgIpc) is 2.20. The van der Waals surface area contributed by atoms with Crippen molar-refractivity contribution >= 4 is 0 Å². The van der Waals surface area contributed by atoms with E-state index in [-0.39, 0.29) is 0 Å². The summed E-state index contributed by atoms with van der Waals surface area (Å²) in [7, 11) is 0. The summed E-state index contributed by atoms with van der Waals surface area (Å²) in [5, 5.41) is 0. The summed E-state index contributed by atoms with van der Waals surface area (Å²) in [4.78, 5) is 0. The molecule has 0 heterocycles. The Morgan fingerprint density at radius 1 is 0.0424 bits per heavy atom. The Morgan fingerprint density at radius 3 is 0.0932 bits per heavy atom. The van der Waals surface area contributed by atoms with Gasteiger partial charge in [-0.2, -0.15) is 0 Å². The highest BCUT2D eigenvalue weighted by molar-refractivity contribution is 5.58. The highest BCUT2D eigenvalue weighted by atomic mass is 13.7. The first-order chi connectivity index (χ1) is 58.9. The molecule has 474 valence electrons. The minimum atomic E-state index is 2.12. The molecule has 118 heavy (non-hydrogen) atoms. The molecule has 0 aliphatic carbocycles. The topological polar surface area (TPSA) is 0 Å². The van der Waals surface area contributed by atoms with Crippen LogP contribution >= 0.6 is 0 Å². The molecule has 0 aromatic rings. The third-order valence-electron chi connectivity index (χ3n) is 7.21. The summed E-state index contributed by atoms with van der Waals surface area (Å²) in [6.07, 6.45) is 9.91. The Hall–Kier alpha value is -26.0. The van der Waals surface area contributed by atoms with Gasteiger partial charge in [0.1, 0.15) is 0 Å². The molecular weight excluding hydrogens is 1420 g/mol. The van der Waals surface area contributed by atoms with E-state index < -0.39 is 0 Å². The fourth-order valence-electron chi connectivity index (χ4n) is 3.57. The summed E-state index contributed by atoms with van der Waals surface area (Å²) < 4.78 is 0. The molecule has 0 spiro atoms. The Bertz CT molecular complexity index is 7900. The minimum absolute atomic E-state index is 2.12. The van der Waals surface area contributed by atoms with Crippen molar-refractivity contribution in [2.45, 2.75) is 0 Å². The van der Waals surface area contributed by atoms with Crippen LogP contribution in [0.3, 0.4) is 0 Å². The van der Waals surface area contributed by atoms with Crippen molar-refractivity contribution < 1.29 is 0 Å². The van der Waals surface area contributed by atoms with Gasteiger partial charge in [0.25, 0.3) is 0 Å². The van der Waals surface area contributed by atoms with E-state index in [9.17, 15) is 0 Å². The highest BCUT2D eigenvalue weighted by Gasteiger charge is 1.69. The Labute approximate surface area is 694 Å². The van der Waals surface area contributed by atoms with Crippen molar-refractivity contribution in [1.29, 1.82) is 0 Å². The monoisotopic (exact) mass is 1420 g/mol. The summed E-state index contributed by atoms with van der Waals surface area (Å²) in [6, 6.07) is 0. The van der Waals surface area contributed by atoms with Crippen LogP contribution in [0.4, 0.5) is 0 Å². The van der Waals surface area contributed by atoms with Gasteiger partial charge >= 0.3 is 0 Å². The lowest BCUT2D eigenvalue weighted by Crippen LogP contribution is -1.57. The summed E-state index contributed by atoms with van der Waals surface area (Å²) in [5.74, 6) is 288. The molecule has 0 heteroatoms. The summed E-state index contributed by atoms with van der Waals surface area (Å²) in [6.45, 7) is 0. The molecule has 0 nitrogen and oxygen atoms in total. The van der Waals surface area contributed by atoms with Crippen LogP contribution in [-0.2, 0) is 0 Å². The number of terminal acetylenes is 2. The second-order valence-corrected chi connectivity index (χ2v) is 14.5. The first kappa shape index (κ1) is 92.0. The van der Waals surface area contributed by atoms with Gasteiger partial charge in [-0.3, -0.25) is 0 Å². The van der Waals surface area contributed by atoms with Gasteiger partial charge in [-0.15, -0.1) is 12.8 Å². The smallest absolute Gasteiger partial charge is 0 e. The van der Waals surface area contributed by atoms with E-state index in [1.165, 1.54) is 0 Å². The molecule has 0 atom stereocenters. The first-order valence-electron chi connectivity index (χ1n) is 29.3. The molecular formula is C118H2. The quantitative estimate of drug-likeness (QED) is 0.310. The van der Waals surface area contributed by atoms with Crippen molar-refractivity contribution in [3.63, 3.8) is 0 Å². The minimum Gasteiger partial charge on any atom is -0.106 e. The average molecular weight is 1420 g/mol. The first-order valence-corrected chi connectivity index (χ1v) is 29.3. The van der Waals surface area contributed by atoms with E-state index in [0.29, 0.717) is 0 Å². The normalized spacial score (nSPS) is 3.95. The molecule has 0 unspecified atom stereocenters. The second kappa shape index (κ2) is 91.0. The third kappa shape index (κ3) is 90.0. The van der Waals surface area contributed by atoms with Crippen LogP contribution in [0, 0.1) is 700 Å². The van der Waals surface area contributed by atoms with E-state index in [2.05, 4.69) is 687 Å².